The van der Waals surface area contributed by atoms with Crippen molar-refractivity contribution < 1.29 is 4.74 Å². The van der Waals surface area contributed by atoms with Gasteiger partial charge in [-0.2, -0.15) is 12.6 Å². The van der Waals surface area contributed by atoms with Crippen molar-refractivity contribution >= 4 is 12.6 Å². The van der Waals surface area contributed by atoms with Crippen molar-refractivity contribution in [2.75, 3.05) is 19.5 Å². The van der Waals surface area contributed by atoms with Gasteiger partial charge < -0.3 is 10.1 Å². The van der Waals surface area contributed by atoms with Crippen LogP contribution in [0.1, 0.15) is 13.8 Å². The largest absolute Gasteiger partial charge is 0.377 e. The van der Waals surface area contributed by atoms with E-state index in [9.17, 15) is 0 Å². The summed E-state index contributed by atoms with van der Waals surface area (Å²) < 4.78 is 5.14. The van der Waals surface area contributed by atoms with Gasteiger partial charge in [-0.05, 0) is 13.8 Å². The van der Waals surface area contributed by atoms with Crippen LogP contribution < -0.4 is 5.32 Å². The molecule has 0 aromatic rings. The lowest BCUT2D eigenvalue weighted by Crippen LogP contribution is -2.36. The standard InChI is InChI=1S/C6H15NOS/c1-6(2,8-3)4-7-5-9/h7,9H,4-5H2,1-3H3. The molecule has 1 N–H and O–H groups in total. The Morgan fingerprint density at radius 1 is 1.56 bits per heavy atom. The van der Waals surface area contributed by atoms with Crippen molar-refractivity contribution in [1.82, 2.24) is 5.32 Å². The van der Waals surface area contributed by atoms with Gasteiger partial charge >= 0.3 is 0 Å². The highest BCUT2D eigenvalue weighted by atomic mass is 32.1. The molecule has 3 heteroatoms. The Hall–Kier alpha value is 0.270. The summed E-state index contributed by atoms with van der Waals surface area (Å²) >= 11 is 4.00. The van der Waals surface area contributed by atoms with Crippen LogP contribution in [-0.4, -0.2) is 25.1 Å². The first kappa shape index (κ1) is 9.27. The predicted molar refractivity (Wildman–Crippen MR) is 42.9 cm³/mol. The maximum atomic E-state index is 5.14. The number of nitrogens with one attached hydrogen (secondary N) is 1. The zero-order valence-corrected chi connectivity index (χ0v) is 7.16. The highest BCUT2D eigenvalue weighted by molar-refractivity contribution is 7.80. The summed E-state index contributed by atoms with van der Waals surface area (Å²) in [6.07, 6.45) is 0. The molecule has 0 heterocycles. The van der Waals surface area contributed by atoms with Crippen molar-refractivity contribution in [2.45, 2.75) is 19.4 Å². The number of rotatable bonds is 4. The smallest absolute Gasteiger partial charge is 0.0746 e. The number of hydrogen-bond acceptors (Lipinski definition) is 3. The fraction of sp³-hybridized carbons (Fsp3) is 1.00. The Balaban J connectivity index is 3.33. The average Bonchev–Trinajstić information content (AvgIpc) is 1.84. The van der Waals surface area contributed by atoms with E-state index in [-0.39, 0.29) is 5.60 Å². The molecule has 0 aliphatic rings. The molecule has 0 fully saturated rings. The number of thiol groups is 1. The van der Waals surface area contributed by atoms with Crippen molar-refractivity contribution in [3.63, 3.8) is 0 Å². The van der Waals surface area contributed by atoms with Gasteiger partial charge in [0.05, 0.1) is 5.60 Å². The topological polar surface area (TPSA) is 21.3 Å². The SMILES string of the molecule is COC(C)(C)CNCS. The molecule has 2 nitrogen and oxygen atoms in total. The van der Waals surface area contributed by atoms with Gasteiger partial charge in [0.1, 0.15) is 0 Å². The minimum atomic E-state index is -0.0667. The van der Waals surface area contributed by atoms with E-state index in [1.807, 2.05) is 13.8 Å². The molecule has 0 amide bonds. The first-order valence-electron chi connectivity index (χ1n) is 2.99. The first-order chi connectivity index (χ1) is 4.12. The van der Waals surface area contributed by atoms with Crippen molar-refractivity contribution in [3.8, 4) is 0 Å². The van der Waals surface area contributed by atoms with E-state index in [0.29, 0.717) is 5.88 Å². The Labute approximate surface area is 62.4 Å². The summed E-state index contributed by atoms with van der Waals surface area (Å²) in [4.78, 5) is 0. The van der Waals surface area contributed by atoms with E-state index in [1.165, 1.54) is 0 Å². The molecular formula is C6H15NOS. The van der Waals surface area contributed by atoms with Crippen LogP contribution in [0.25, 0.3) is 0 Å². The normalized spacial score (nSPS) is 12.0. The third-order valence-corrected chi connectivity index (χ3v) is 1.44. The van der Waals surface area contributed by atoms with Gasteiger partial charge in [-0.25, -0.2) is 0 Å². The maximum Gasteiger partial charge on any atom is 0.0746 e. The van der Waals surface area contributed by atoms with Crippen LogP contribution in [0, 0.1) is 0 Å². The Morgan fingerprint density at radius 2 is 2.11 bits per heavy atom. The van der Waals surface area contributed by atoms with Crippen LogP contribution in [0.5, 0.6) is 0 Å². The van der Waals surface area contributed by atoms with Crippen LogP contribution >= 0.6 is 12.6 Å². The van der Waals surface area contributed by atoms with Crippen LogP contribution in [0.2, 0.25) is 0 Å². The molecule has 0 aliphatic carbocycles. The zero-order chi connectivity index (χ0) is 7.33. The summed E-state index contributed by atoms with van der Waals surface area (Å²) in [6, 6.07) is 0. The third kappa shape index (κ3) is 4.75. The van der Waals surface area contributed by atoms with Crippen molar-refractivity contribution in [1.29, 1.82) is 0 Å². The highest BCUT2D eigenvalue weighted by Gasteiger charge is 2.13. The van der Waals surface area contributed by atoms with Crippen molar-refractivity contribution in [3.05, 3.63) is 0 Å². The zero-order valence-electron chi connectivity index (χ0n) is 6.27. The number of hydrogen-bond donors (Lipinski definition) is 2. The van der Waals surface area contributed by atoms with Crippen LogP contribution in [0.4, 0.5) is 0 Å². The average molecular weight is 149 g/mol. The molecule has 56 valence electrons. The van der Waals surface area contributed by atoms with Gasteiger partial charge in [-0.3, -0.25) is 0 Å². The molecule has 0 unspecified atom stereocenters. The Morgan fingerprint density at radius 3 is 2.44 bits per heavy atom. The lowest BCUT2D eigenvalue weighted by molar-refractivity contribution is 0.0246. The lowest BCUT2D eigenvalue weighted by Gasteiger charge is -2.22. The molecule has 0 spiro atoms. The summed E-state index contributed by atoms with van der Waals surface area (Å²) in [5.41, 5.74) is -0.0667. The van der Waals surface area contributed by atoms with Crippen LogP contribution in [0.15, 0.2) is 0 Å². The van der Waals surface area contributed by atoms with E-state index in [2.05, 4.69) is 17.9 Å². The molecular weight excluding hydrogens is 134 g/mol. The third-order valence-electron chi connectivity index (χ3n) is 1.22. The molecule has 0 saturated carbocycles. The molecule has 0 rings (SSSR count). The van der Waals surface area contributed by atoms with Gasteiger partial charge in [0.15, 0.2) is 0 Å². The van der Waals surface area contributed by atoms with E-state index in [1.54, 1.807) is 7.11 Å². The fourth-order valence-electron chi connectivity index (χ4n) is 0.429. The van der Waals surface area contributed by atoms with Gasteiger partial charge in [-0.1, -0.05) is 0 Å². The summed E-state index contributed by atoms with van der Waals surface area (Å²) in [5, 5.41) is 3.08. The minimum Gasteiger partial charge on any atom is -0.377 e. The van der Waals surface area contributed by atoms with Crippen LogP contribution in [0.3, 0.4) is 0 Å². The molecule has 0 radical (unpaired) electrons. The maximum absolute atomic E-state index is 5.14. The fourth-order valence-corrected chi connectivity index (χ4v) is 0.541. The Kier molecular flexibility index (Phi) is 4.27. The molecule has 0 aromatic carbocycles. The monoisotopic (exact) mass is 149 g/mol. The Bertz CT molecular complexity index is 75.5. The second-order valence-electron chi connectivity index (χ2n) is 2.55. The number of methoxy groups -OCH3 is 1. The van der Waals surface area contributed by atoms with E-state index < -0.39 is 0 Å². The minimum absolute atomic E-state index is 0.0667. The second-order valence-corrected chi connectivity index (χ2v) is 2.86. The summed E-state index contributed by atoms with van der Waals surface area (Å²) in [5.74, 6) is 0.701. The molecule has 0 bridgehead atoms. The van der Waals surface area contributed by atoms with Gasteiger partial charge in [-0.15, -0.1) is 0 Å². The lowest BCUT2D eigenvalue weighted by atomic mass is 10.1. The summed E-state index contributed by atoms with van der Waals surface area (Å²) in [7, 11) is 1.71. The molecule has 0 aliphatic heterocycles. The van der Waals surface area contributed by atoms with Gasteiger partial charge in [0.2, 0.25) is 0 Å². The molecule has 0 saturated heterocycles. The summed E-state index contributed by atoms with van der Waals surface area (Å²) in [6.45, 7) is 4.90. The molecule has 0 atom stereocenters. The van der Waals surface area contributed by atoms with Gasteiger partial charge in [0.25, 0.3) is 0 Å². The van der Waals surface area contributed by atoms with E-state index in [0.717, 1.165) is 6.54 Å². The van der Waals surface area contributed by atoms with Crippen molar-refractivity contribution in [2.24, 2.45) is 0 Å². The molecule has 0 aromatic heterocycles. The first-order valence-corrected chi connectivity index (χ1v) is 3.62. The quantitative estimate of drug-likeness (QED) is 0.457. The van der Waals surface area contributed by atoms with Crippen LogP contribution in [-0.2, 0) is 4.74 Å². The molecule has 9 heavy (non-hydrogen) atoms. The second kappa shape index (κ2) is 4.14. The van der Waals surface area contributed by atoms with Gasteiger partial charge in [0, 0.05) is 19.5 Å². The van der Waals surface area contributed by atoms with E-state index in [4.69, 9.17) is 4.74 Å². The highest BCUT2D eigenvalue weighted by Crippen LogP contribution is 2.03. The predicted octanol–water partition coefficient (Wildman–Crippen LogP) is 0.888. The number of ether oxygens (including phenoxy) is 1. The van der Waals surface area contributed by atoms with E-state index >= 15 is 0 Å².